The Morgan fingerprint density at radius 1 is 1.27 bits per heavy atom. The summed E-state index contributed by atoms with van der Waals surface area (Å²) in [7, 11) is 0. The van der Waals surface area contributed by atoms with Gasteiger partial charge in [0.05, 0.1) is 0 Å². The van der Waals surface area contributed by atoms with Gasteiger partial charge in [-0.1, -0.05) is 35.5 Å². The summed E-state index contributed by atoms with van der Waals surface area (Å²) in [5.41, 5.74) is 1.99. The molecule has 0 saturated heterocycles. The van der Waals surface area contributed by atoms with Gasteiger partial charge in [-0.2, -0.15) is 0 Å². The third-order valence-corrected chi connectivity index (χ3v) is 1.70. The topological polar surface area (TPSA) is 43.1 Å². The van der Waals surface area contributed by atoms with Crippen LogP contribution in [0.15, 0.2) is 40.9 Å². The fourth-order valence-corrected chi connectivity index (χ4v) is 1.11. The predicted octanol–water partition coefficient (Wildman–Crippen LogP) is 2.86. The Bertz CT molecular complexity index is 407. The molecule has 2 aromatic rings. The molecule has 1 heterocycles. The molecular formula is C12H13NO2. The lowest BCUT2D eigenvalue weighted by Gasteiger charge is -1.90. The lowest BCUT2D eigenvalue weighted by Crippen LogP contribution is -1.73. The van der Waals surface area contributed by atoms with Crippen LogP contribution in [0, 0.1) is 6.92 Å². The molecule has 3 nitrogen and oxygen atoms in total. The van der Waals surface area contributed by atoms with Gasteiger partial charge in [0.1, 0.15) is 17.7 Å². The van der Waals surface area contributed by atoms with E-state index in [9.17, 15) is 0 Å². The summed E-state index contributed by atoms with van der Waals surface area (Å²) in [5, 5.41) is 3.91. The summed E-state index contributed by atoms with van der Waals surface area (Å²) >= 11 is 0. The van der Waals surface area contributed by atoms with Crippen LogP contribution in [0.3, 0.4) is 0 Å². The van der Waals surface area contributed by atoms with E-state index in [1.165, 1.54) is 6.92 Å². The Morgan fingerprint density at radius 2 is 1.87 bits per heavy atom. The maximum Gasteiger partial charge on any atom is 0.134 e. The Morgan fingerprint density at radius 3 is 2.33 bits per heavy atom. The summed E-state index contributed by atoms with van der Waals surface area (Å²) < 4.78 is 4.97. The van der Waals surface area contributed by atoms with E-state index in [1.54, 1.807) is 0 Å². The van der Waals surface area contributed by atoms with Gasteiger partial charge in [0.15, 0.2) is 0 Å². The van der Waals surface area contributed by atoms with Gasteiger partial charge in [-0.15, -0.1) is 0 Å². The third kappa shape index (κ3) is 3.38. The SMILES string of the molecule is CC=O.Cc1cc(-c2ccccc2)no1. The summed E-state index contributed by atoms with van der Waals surface area (Å²) in [6.45, 7) is 3.33. The molecule has 0 amide bonds. The summed E-state index contributed by atoms with van der Waals surface area (Å²) in [4.78, 5) is 8.81. The van der Waals surface area contributed by atoms with Crippen LogP contribution in [0.5, 0.6) is 0 Å². The van der Waals surface area contributed by atoms with E-state index in [0.29, 0.717) is 0 Å². The molecule has 0 atom stereocenters. The van der Waals surface area contributed by atoms with Crippen LogP contribution in [0.25, 0.3) is 11.3 Å². The van der Waals surface area contributed by atoms with Crippen LogP contribution in [0.4, 0.5) is 0 Å². The maximum absolute atomic E-state index is 8.81. The molecule has 0 N–H and O–H groups in total. The molecule has 0 aliphatic rings. The van der Waals surface area contributed by atoms with Crippen LogP contribution in [-0.4, -0.2) is 11.4 Å². The second-order valence-corrected chi connectivity index (χ2v) is 2.92. The number of aromatic nitrogens is 1. The molecule has 0 aliphatic carbocycles. The van der Waals surface area contributed by atoms with Crippen molar-refractivity contribution in [2.75, 3.05) is 0 Å². The number of hydrogen-bond acceptors (Lipinski definition) is 3. The molecule has 0 spiro atoms. The summed E-state index contributed by atoms with van der Waals surface area (Å²) in [5.74, 6) is 0.842. The van der Waals surface area contributed by atoms with Crippen LogP contribution in [0.1, 0.15) is 12.7 Å². The van der Waals surface area contributed by atoms with Crippen molar-refractivity contribution < 1.29 is 9.32 Å². The van der Waals surface area contributed by atoms with Gasteiger partial charge in [0.2, 0.25) is 0 Å². The monoisotopic (exact) mass is 203 g/mol. The van der Waals surface area contributed by atoms with E-state index >= 15 is 0 Å². The zero-order valence-corrected chi connectivity index (χ0v) is 8.81. The number of benzene rings is 1. The summed E-state index contributed by atoms with van der Waals surface area (Å²) in [6.07, 6.45) is 0.750. The quantitative estimate of drug-likeness (QED) is 0.669. The Kier molecular flexibility index (Phi) is 4.29. The Labute approximate surface area is 88.7 Å². The first-order chi connectivity index (χ1) is 7.27. The van der Waals surface area contributed by atoms with Crippen LogP contribution in [-0.2, 0) is 4.79 Å². The number of aldehydes is 1. The first kappa shape index (κ1) is 11.2. The minimum absolute atomic E-state index is 0.750. The van der Waals surface area contributed by atoms with Crippen molar-refractivity contribution >= 4 is 6.29 Å². The van der Waals surface area contributed by atoms with Crippen LogP contribution < -0.4 is 0 Å². The standard InChI is InChI=1S/C10H9NO.C2H4O/c1-8-7-10(11-12-8)9-5-3-2-4-6-9;1-2-3/h2-7H,1H3;2H,1H3. The van der Waals surface area contributed by atoms with E-state index < -0.39 is 0 Å². The van der Waals surface area contributed by atoms with Gasteiger partial charge in [-0.25, -0.2) is 0 Å². The van der Waals surface area contributed by atoms with Crippen molar-refractivity contribution in [1.29, 1.82) is 0 Å². The molecule has 2 rings (SSSR count). The highest BCUT2D eigenvalue weighted by atomic mass is 16.5. The minimum atomic E-state index is 0.750. The highest BCUT2D eigenvalue weighted by Gasteiger charge is 2.00. The molecular weight excluding hydrogens is 190 g/mol. The van der Waals surface area contributed by atoms with Gasteiger partial charge in [-0.05, 0) is 13.8 Å². The highest BCUT2D eigenvalue weighted by molar-refractivity contribution is 5.58. The summed E-state index contributed by atoms with van der Waals surface area (Å²) in [6, 6.07) is 11.9. The Hall–Kier alpha value is -1.90. The molecule has 1 aromatic heterocycles. The average Bonchev–Trinajstić information content (AvgIpc) is 2.67. The molecule has 3 heteroatoms. The third-order valence-electron chi connectivity index (χ3n) is 1.70. The van der Waals surface area contributed by atoms with Gasteiger partial charge >= 0.3 is 0 Å². The van der Waals surface area contributed by atoms with Crippen molar-refractivity contribution in [3.05, 3.63) is 42.2 Å². The molecule has 0 bridgehead atoms. The van der Waals surface area contributed by atoms with Gasteiger partial charge in [0, 0.05) is 11.6 Å². The molecule has 15 heavy (non-hydrogen) atoms. The van der Waals surface area contributed by atoms with E-state index in [-0.39, 0.29) is 0 Å². The van der Waals surface area contributed by atoms with E-state index in [1.807, 2.05) is 43.3 Å². The van der Waals surface area contributed by atoms with Crippen molar-refractivity contribution in [2.24, 2.45) is 0 Å². The molecule has 0 unspecified atom stereocenters. The molecule has 0 fully saturated rings. The van der Waals surface area contributed by atoms with Gasteiger partial charge in [0.25, 0.3) is 0 Å². The first-order valence-corrected chi connectivity index (χ1v) is 4.66. The number of nitrogens with zero attached hydrogens (tertiary/aromatic N) is 1. The fraction of sp³-hybridized carbons (Fsp3) is 0.167. The number of rotatable bonds is 1. The lowest BCUT2D eigenvalue weighted by molar-refractivity contribution is -0.106. The minimum Gasteiger partial charge on any atom is -0.361 e. The van der Waals surface area contributed by atoms with E-state index in [4.69, 9.17) is 9.32 Å². The molecule has 1 aromatic carbocycles. The average molecular weight is 203 g/mol. The van der Waals surface area contributed by atoms with Crippen molar-refractivity contribution in [3.8, 4) is 11.3 Å². The van der Waals surface area contributed by atoms with Gasteiger partial charge < -0.3 is 9.32 Å². The number of aryl methyl sites for hydroxylation is 1. The highest BCUT2D eigenvalue weighted by Crippen LogP contribution is 2.17. The number of carbonyl (C=O) groups is 1. The molecule has 0 radical (unpaired) electrons. The van der Waals surface area contributed by atoms with Crippen molar-refractivity contribution in [3.63, 3.8) is 0 Å². The van der Waals surface area contributed by atoms with Gasteiger partial charge in [-0.3, -0.25) is 0 Å². The van der Waals surface area contributed by atoms with Crippen molar-refractivity contribution in [2.45, 2.75) is 13.8 Å². The largest absolute Gasteiger partial charge is 0.361 e. The maximum atomic E-state index is 8.81. The van der Waals surface area contributed by atoms with E-state index in [2.05, 4.69) is 5.16 Å². The second kappa shape index (κ2) is 5.75. The zero-order valence-electron chi connectivity index (χ0n) is 8.81. The fourth-order valence-electron chi connectivity index (χ4n) is 1.11. The first-order valence-electron chi connectivity index (χ1n) is 4.66. The molecule has 78 valence electrons. The molecule has 0 aliphatic heterocycles. The van der Waals surface area contributed by atoms with Crippen molar-refractivity contribution in [1.82, 2.24) is 5.16 Å². The molecule has 0 saturated carbocycles. The normalized spacial score (nSPS) is 8.93. The predicted molar refractivity (Wildman–Crippen MR) is 58.4 cm³/mol. The van der Waals surface area contributed by atoms with Crippen LogP contribution in [0.2, 0.25) is 0 Å². The number of hydrogen-bond donors (Lipinski definition) is 0. The van der Waals surface area contributed by atoms with Crippen LogP contribution >= 0.6 is 0 Å². The smallest absolute Gasteiger partial charge is 0.134 e. The number of carbonyl (C=O) groups excluding carboxylic acids is 1. The second-order valence-electron chi connectivity index (χ2n) is 2.92. The zero-order chi connectivity index (χ0) is 11.1. The lowest BCUT2D eigenvalue weighted by atomic mass is 10.1. The van der Waals surface area contributed by atoms with E-state index in [0.717, 1.165) is 23.3 Å². The Balaban J connectivity index is 0.000000337.